The van der Waals surface area contributed by atoms with Gasteiger partial charge in [0.1, 0.15) is 18.1 Å². The Hall–Kier alpha value is -3.61. The number of carbonyl (C=O) groups is 2. The Morgan fingerprint density at radius 3 is 2.56 bits per heavy atom. The zero-order valence-corrected chi connectivity index (χ0v) is 18.0. The molecule has 4 rings (SSSR count). The Kier molecular flexibility index (Phi) is 6.25. The smallest absolute Gasteiger partial charge is 0.407 e. The number of ether oxygens (including phenoxy) is 1. The van der Waals surface area contributed by atoms with Gasteiger partial charge in [-0.05, 0) is 49.4 Å². The number of carbonyl (C=O) groups excluding carboxylic acids is 1. The SMILES string of the molecule is Cc1oc(-c2ccccc2)nc1COC(=O)NCc1cccc(CC2(C(=O)O)CCC2)c1. The average Bonchev–Trinajstić information content (AvgIpc) is 3.14. The molecule has 1 heterocycles. The second-order valence-electron chi connectivity index (χ2n) is 8.25. The van der Waals surface area contributed by atoms with E-state index < -0.39 is 17.5 Å². The van der Waals surface area contributed by atoms with Gasteiger partial charge in [0.05, 0.1) is 5.41 Å². The number of amides is 1. The number of benzene rings is 2. The molecule has 7 nitrogen and oxygen atoms in total. The van der Waals surface area contributed by atoms with Crippen molar-refractivity contribution in [3.8, 4) is 11.5 Å². The van der Waals surface area contributed by atoms with Gasteiger partial charge in [-0.15, -0.1) is 0 Å². The number of nitrogens with zero attached hydrogens (tertiary/aromatic N) is 1. The fourth-order valence-corrected chi connectivity index (χ4v) is 3.94. The number of nitrogens with one attached hydrogen (secondary N) is 1. The highest BCUT2D eigenvalue weighted by atomic mass is 16.5. The summed E-state index contributed by atoms with van der Waals surface area (Å²) in [7, 11) is 0. The molecule has 166 valence electrons. The lowest BCUT2D eigenvalue weighted by Crippen LogP contribution is -2.39. The van der Waals surface area contributed by atoms with E-state index in [1.54, 1.807) is 6.92 Å². The van der Waals surface area contributed by atoms with Crippen LogP contribution in [0, 0.1) is 12.3 Å². The Labute approximate surface area is 186 Å². The third-order valence-corrected chi connectivity index (χ3v) is 5.99. The highest BCUT2D eigenvalue weighted by Crippen LogP contribution is 2.44. The number of alkyl carbamates (subject to hydrolysis) is 1. The summed E-state index contributed by atoms with van der Waals surface area (Å²) in [5.41, 5.74) is 2.65. The fourth-order valence-electron chi connectivity index (χ4n) is 3.94. The molecule has 7 heteroatoms. The lowest BCUT2D eigenvalue weighted by atomic mass is 9.65. The van der Waals surface area contributed by atoms with E-state index in [-0.39, 0.29) is 6.61 Å². The predicted octanol–water partition coefficient (Wildman–Crippen LogP) is 4.87. The summed E-state index contributed by atoms with van der Waals surface area (Å²) >= 11 is 0. The number of hydrogen-bond acceptors (Lipinski definition) is 5. The second-order valence-corrected chi connectivity index (χ2v) is 8.25. The van der Waals surface area contributed by atoms with Crippen molar-refractivity contribution in [1.82, 2.24) is 10.3 Å². The number of aliphatic carboxylic acids is 1. The maximum Gasteiger partial charge on any atom is 0.407 e. The van der Waals surface area contributed by atoms with Gasteiger partial charge in [0.25, 0.3) is 0 Å². The van der Waals surface area contributed by atoms with Crippen LogP contribution < -0.4 is 5.32 Å². The van der Waals surface area contributed by atoms with Crippen molar-refractivity contribution in [2.45, 2.75) is 45.8 Å². The number of oxazole rings is 1. The Bertz CT molecular complexity index is 1100. The largest absolute Gasteiger partial charge is 0.481 e. The van der Waals surface area contributed by atoms with E-state index in [0.29, 0.717) is 43.2 Å². The van der Waals surface area contributed by atoms with Gasteiger partial charge in [-0.3, -0.25) is 4.79 Å². The van der Waals surface area contributed by atoms with Gasteiger partial charge in [-0.1, -0.05) is 48.9 Å². The Morgan fingerprint density at radius 2 is 1.88 bits per heavy atom. The third kappa shape index (κ3) is 4.82. The van der Waals surface area contributed by atoms with Crippen LogP contribution in [0.3, 0.4) is 0 Å². The van der Waals surface area contributed by atoms with E-state index in [9.17, 15) is 14.7 Å². The molecular weight excluding hydrogens is 408 g/mol. The molecule has 32 heavy (non-hydrogen) atoms. The van der Waals surface area contributed by atoms with E-state index in [1.807, 2.05) is 54.6 Å². The molecule has 2 aromatic carbocycles. The molecule has 1 aliphatic rings. The summed E-state index contributed by atoms with van der Waals surface area (Å²) in [6.07, 6.45) is 2.34. The van der Waals surface area contributed by atoms with Crippen LogP contribution in [-0.4, -0.2) is 22.2 Å². The highest BCUT2D eigenvalue weighted by Gasteiger charge is 2.44. The molecule has 1 aliphatic carbocycles. The summed E-state index contributed by atoms with van der Waals surface area (Å²) in [5.74, 6) is 0.367. The minimum atomic E-state index is -0.727. The topological polar surface area (TPSA) is 102 Å². The second kappa shape index (κ2) is 9.26. The van der Waals surface area contributed by atoms with E-state index in [4.69, 9.17) is 9.15 Å². The Balaban J connectivity index is 1.29. The van der Waals surface area contributed by atoms with E-state index >= 15 is 0 Å². The van der Waals surface area contributed by atoms with Crippen molar-refractivity contribution in [2.24, 2.45) is 5.41 Å². The zero-order chi connectivity index (χ0) is 22.6. The van der Waals surface area contributed by atoms with Crippen molar-refractivity contribution in [3.05, 3.63) is 77.2 Å². The van der Waals surface area contributed by atoms with Crippen LogP contribution in [0.4, 0.5) is 4.79 Å². The van der Waals surface area contributed by atoms with Crippen molar-refractivity contribution < 1.29 is 23.8 Å². The summed E-state index contributed by atoms with van der Waals surface area (Å²) in [5, 5.41) is 12.3. The van der Waals surface area contributed by atoms with Crippen LogP contribution in [-0.2, 0) is 29.1 Å². The molecule has 0 saturated heterocycles. The molecule has 3 aromatic rings. The molecule has 0 unspecified atom stereocenters. The third-order valence-electron chi connectivity index (χ3n) is 5.99. The highest BCUT2D eigenvalue weighted by molar-refractivity contribution is 5.76. The molecule has 1 amide bonds. The van der Waals surface area contributed by atoms with E-state index in [2.05, 4.69) is 10.3 Å². The summed E-state index contributed by atoms with van der Waals surface area (Å²) in [6.45, 7) is 2.09. The molecule has 0 bridgehead atoms. The summed E-state index contributed by atoms with van der Waals surface area (Å²) < 4.78 is 11.0. The lowest BCUT2D eigenvalue weighted by molar-refractivity contribution is -0.154. The molecule has 0 spiro atoms. The minimum absolute atomic E-state index is 0.00910. The standard InChI is InChI=1S/C25H26N2O5/c1-17-21(27-22(32-17)20-9-3-2-4-10-20)16-31-24(30)26-15-19-8-5-7-18(13-19)14-25(23(28)29)11-6-12-25/h2-5,7-10,13H,6,11-12,14-16H2,1H3,(H,26,30)(H,28,29). The number of aromatic nitrogens is 1. The molecule has 2 N–H and O–H groups in total. The maximum atomic E-state index is 12.2. The minimum Gasteiger partial charge on any atom is -0.481 e. The van der Waals surface area contributed by atoms with Crippen LogP contribution in [0.15, 0.2) is 59.0 Å². The molecular formula is C25H26N2O5. The first-order valence-corrected chi connectivity index (χ1v) is 10.7. The molecule has 0 aliphatic heterocycles. The van der Waals surface area contributed by atoms with Crippen LogP contribution in [0.5, 0.6) is 0 Å². The van der Waals surface area contributed by atoms with Gasteiger partial charge >= 0.3 is 12.1 Å². The summed E-state index contributed by atoms with van der Waals surface area (Å²) in [4.78, 5) is 28.2. The van der Waals surface area contributed by atoms with Gasteiger partial charge < -0.3 is 19.6 Å². The number of hydrogen-bond donors (Lipinski definition) is 2. The van der Waals surface area contributed by atoms with Crippen LogP contribution >= 0.6 is 0 Å². The zero-order valence-electron chi connectivity index (χ0n) is 18.0. The number of carboxylic acids is 1. The van der Waals surface area contributed by atoms with Gasteiger partial charge in [-0.2, -0.15) is 0 Å². The molecule has 1 aromatic heterocycles. The van der Waals surface area contributed by atoms with Crippen molar-refractivity contribution in [3.63, 3.8) is 0 Å². The quantitative estimate of drug-likeness (QED) is 0.524. The first-order chi connectivity index (χ1) is 15.4. The number of aryl methyl sites for hydroxylation is 1. The monoisotopic (exact) mass is 434 g/mol. The normalized spacial score (nSPS) is 14.4. The first-order valence-electron chi connectivity index (χ1n) is 10.7. The first kappa shape index (κ1) is 21.6. The molecule has 0 atom stereocenters. The number of rotatable bonds is 8. The van der Waals surface area contributed by atoms with Crippen molar-refractivity contribution in [1.29, 1.82) is 0 Å². The van der Waals surface area contributed by atoms with Gasteiger partial charge in [-0.25, -0.2) is 9.78 Å². The van der Waals surface area contributed by atoms with Gasteiger partial charge in [0, 0.05) is 12.1 Å². The Morgan fingerprint density at radius 1 is 1.12 bits per heavy atom. The van der Waals surface area contributed by atoms with Crippen molar-refractivity contribution >= 4 is 12.1 Å². The molecule has 1 fully saturated rings. The van der Waals surface area contributed by atoms with Gasteiger partial charge in [0.15, 0.2) is 0 Å². The predicted molar refractivity (Wildman–Crippen MR) is 118 cm³/mol. The average molecular weight is 434 g/mol. The van der Waals surface area contributed by atoms with E-state index in [0.717, 1.165) is 23.1 Å². The van der Waals surface area contributed by atoms with Gasteiger partial charge in [0.2, 0.25) is 5.89 Å². The molecule has 1 saturated carbocycles. The van der Waals surface area contributed by atoms with Crippen LogP contribution in [0.25, 0.3) is 11.5 Å². The number of carboxylic acid groups (broad SMARTS) is 1. The molecule has 0 radical (unpaired) electrons. The summed E-state index contributed by atoms with van der Waals surface area (Å²) in [6, 6.07) is 17.2. The van der Waals surface area contributed by atoms with E-state index in [1.165, 1.54) is 0 Å². The maximum absolute atomic E-state index is 12.2. The lowest BCUT2D eigenvalue weighted by Gasteiger charge is -2.37. The fraction of sp³-hybridized carbons (Fsp3) is 0.320. The van der Waals surface area contributed by atoms with Crippen LogP contribution in [0.1, 0.15) is 41.8 Å². The van der Waals surface area contributed by atoms with Crippen LogP contribution in [0.2, 0.25) is 0 Å². The van der Waals surface area contributed by atoms with Crippen molar-refractivity contribution in [2.75, 3.05) is 0 Å².